The summed E-state index contributed by atoms with van der Waals surface area (Å²) in [6, 6.07) is 4.96. The molecule has 1 aliphatic rings. The Morgan fingerprint density at radius 3 is 2.62 bits per heavy atom. The third kappa shape index (κ3) is 3.61. The number of amides is 1. The fourth-order valence-corrected chi connectivity index (χ4v) is 3.59. The van der Waals surface area contributed by atoms with E-state index in [1.807, 2.05) is 6.07 Å². The summed E-state index contributed by atoms with van der Waals surface area (Å²) < 4.78 is 36.6. The van der Waals surface area contributed by atoms with Crippen LogP contribution in [0.1, 0.15) is 24.5 Å². The predicted molar refractivity (Wildman–Crippen MR) is 79.3 cm³/mol. The van der Waals surface area contributed by atoms with Crippen molar-refractivity contribution in [2.24, 2.45) is 0 Å². The first-order valence-corrected chi connectivity index (χ1v) is 8.79. The summed E-state index contributed by atoms with van der Waals surface area (Å²) in [4.78, 5) is 13.5. The summed E-state index contributed by atoms with van der Waals surface area (Å²) in [5.41, 5.74) is 1.37. The van der Waals surface area contributed by atoms with E-state index in [0.29, 0.717) is 12.0 Å². The molecule has 0 radical (unpaired) electrons. The Hall–Kier alpha value is -1.43. The van der Waals surface area contributed by atoms with Crippen LogP contribution < -0.4 is 0 Å². The average Bonchev–Trinajstić information content (AvgIpc) is 2.38. The van der Waals surface area contributed by atoms with Crippen molar-refractivity contribution in [1.29, 1.82) is 0 Å². The van der Waals surface area contributed by atoms with E-state index in [1.54, 1.807) is 24.8 Å². The van der Waals surface area contributed by atoms with Gasteiger partial charge in [-0.15, -0.1) is 0 Å². The zero-order chi connectivity index (χ0) is 15.6. The average molecular weight is 313 g/mol. The molecule has 6 heteroatoms. The third-order valence-corrected chi connectivity index (χ3v) is 6.09. The number of hydrogen-bond acceptors (Lipinski definition) is 3. The number of likely N-dealkylation sites (tertiary alicyclic amines) is 1. The van der Waals surface area contributed by atoms with Gasteiger partial charge < -0.3 is 4.90 Å². The summed E-state index contributed by atoms with van der Waals surface area (Å²) in [5.74, 6) is -0.223. The molecule has 2 rings (SSSR count). The van der Waals surface area contributed by atoms with Crippen molar-refractivity contribution in [1.82, 2.24) is 4.90 Å². The molecule has 21 heavy (non-hydrogen) atoms. The molecule has 1 aromatic carbocycles. The van der Waals surface area contributed by atoms with Gasteiger partial charge in [-0.1, -0.05) is 19.1 Å². The lowest BCUT2D eigenvalue weighted by Gasteiger charge is -2.38. The lowest BCUT2D eigenvalue weighted by atomic mass is 10.1. The van der Waals surface area contributed by atoms with Gasteiger partial charge in [0.2, 0.25) is 5.91 Å². The van der Waals surface area contributed by atoms with E-state index in [0.717, 1.165) is 5.56 Å². The smallest absolute Gasteiger partial charge is 0.222 e. The molecule has 0 bridgehead atoms. The fraction of sp³-hybridized carbons (Fsp3) is 0.533. The van der Waals surface area contributed by atoms with E-state index in [-0.39, 0.29) is 37.0 Å². The Kier molecular flexibility index (Phi) is 4.66. The second kappa shape index (κ2) is 6.13. The maximum absolute atomic E-state index is 13.4. The number of nitrogens with zero attached hydrogens (tertiary/aromatic N) is 1. The van der Waals surface area contributed by atoms with E-state index >= 15 is 0 Å². The van der Waals surface area contributed by atoms with Gasteiger partial charge >= 0.3 is 0 Å². The van der Waals surface area contributed by atoms with Crippen LogP contribution in [0.3, 0.4) is 0 Å². The monoisotopic (exact) mass is 313 g/mol. The van der Waals surface area contributed by atoms with Crippen LogP contribution in [0, 0.1) is 12.7 Å². The normalized spacial score (nSPS) is 15.9. The molecule has 4 nitrogen and oxygen atoms in total. The fourth-order valence-electron chi connectivity index (χ4n) is 2.31. The van der Waals surface area contributed by atoms with Crippen molar-refractivity contribution in [2.75, 3.05) is 18.8 Å². The highest BCUT2D eigenvalue weighted by molar-refractivity contribution is 7.92. The minimum absolute atomic E-state index is 0.0708. The molecular weight excluding hydrogens is 293 g/mol. The van der Waals surface area contributed by atoms with E-state index in [9.17, 15) is 17.6 Å². The molecule has 0 saturated carbocycles. The van der Waals surface area contributed by atoms with Gasteiger partial charge in [-0.2, -0.15) is 0 Å². The number of aryl methyl sites for hydroxylation is 2. The molecular formula is C15H20FNO3S. The van der Waals surface area contributed by atoms with E-state index in [4.69, 9.17) is 0 Å². The molecule has 0 aromatic heterocycles. The van der Waals surface area contributed by atoms with Crippen LogP contribution in [0.25, 0.3) is 0 Å². The van der Waals surface area contributed by atoms with Crippen molar-refractivity contribution < 1.29 is 17.6 Å². The van der Waals surface area contributed by atoms with Crippen molar-refractivity contribution in [3.8, 4) is 0 Å². The Bertz CT molecular complexity index is 636. The van der Waals surface area contributed by atoms with Crippen LogP contribution in [-0.2, 0) is 21.1 Å². The van der Waals surface area contributed by atoms with Gasteiger partial charge in [0, 0.05) is 25.3 Å². The number of carbonyl (C=O) groups is 1. The SMILES string of the molecule is CCS(=O)(=O)C1CN(C(=O)CCc2ccc(C)c(F)c2)C1. The second-order valence-electron chi connectivity index (χ2n) is 5.46. The molecule has 1 fully saturated rings. The van der Waals surface area contributed by atoms with E-state index in [1.165, 1.54) is 6.07 Å². The zero-order valence-corrected chi connectivity index (χ0v) is 13.1. The highest BCUT2D eigenvalue weighted by Gasteiger charge is 2.38. The summed E-state index contributed by atoms with van der Waals surface area (Å²) in [5, 5.41) is -0.414. The van der Waals surface area contributed by atoms with Gasteiger partial charge in [0.1, 0.15) is 5.82 Å². The van der Waals surface area contributed by atoms with Crippen molar-refractivity contribution in [3.63, 3.8) is 0 Å². The maximum atomic E-state index is 13.4. The Morgan fingerprint density at radius 2 is 2.05 bits per heavy atom. The first-order chi connectivity index (χ1) is 9.83. The molecule has 0 N–H and O–H groups in total. The van der Waals surface area contributed by atoms with Gasteiger partial charge in [0.25, 0.3) is 0 Å². The Balaban J connectivity index is 1.83. The summed E-state index contributed by atoms with van der Waals surface area (Å²) in [7, 11) is -3.05. The topological polar surface area (TPSA) is 54.5 Å². The van der Waals surface area contributed by atoms with Crippen LogP contribution >= 0.6 is 0 Å². The number of benzene rings is 1. The molecule has 0 unspecified atom stereocenters. The quantitative estimate of drug-likeness (QED) is 0.831. The van der Waals surface area contributed by atoms with Gasteiger partial charge in [-0.05, 0) is 30.5 Å². The number of hydrogen-bond donors (Lipinski definition) is 0. The largest absolute Gasteiger partial charge is 0.340 e. The Labute approximate surface area is 124 Å². The lowest BCUT2D eigenvalue weighted by Crippen LogP contribution is -2.57. The molecule has 0 spiro atoms. The van der Waals surface area contributed by atoms with Crippen molar-refractivity contribution in [3.05, 3.63) is 35.1 Å². The highest BCUT2D eigenvalue weighted by atomic mass is 32.2. The highest BCUT2D eigenvalue weighted by Crippen LogP contribution is 2.19. The van der Waals surface area contributed by atoms with Crippen LogP contribution in [0.15, 0.2) is 18.2 Å². The molecule has 1 heterocycles. The molecule has 0 atom stereocenters. The van der Waals surface area contributed by atoms with Gasteiger partial charge in [0.15, 0.2) is 9.84 Å². The number of halogens is 1. The molecule has 1 amide bonds. The number of carbonyl (C=O) groups excluding carboxylic acids is 1. The first-order valence-electron chi connectivity index (χ1n) is 7.08. The number of rotatable bonds is 5. The second-order valence-corrected chi connectivity index (χ2v) is 8.03. The summed E-state index contributed by atoms with van der Waals surface area (Å²) in [6.45, 7) is 3.89. The van der Waals surface area contributed by atoms with Crippen molar-refractivity contribution >= 4 is 15.7 Å². The van der Waals surface area contributed by atoms with E-state index in [2.05, 4.69) is 0 Å². The summed E-state index contributed by atoms with van der Waals surface area (Å²) >= 11 is 0. The molecule has 0 aliphatic carbocycles. The minimum atomic E-state index is -3.05. The zero-order valence-electron chi connectivity index (χ0n) is 12.3. The van der Waals surface area contributed by atoms with Crippen molar-refractivity contribution in [2.45, 2.75) is 31.9 Å². The third-order valence-electron chi connectivity index (χ3n) is 3.97. The molecule has 1 aromatic rings. The first kappa shape index (κ1) is 15.9. The predicted octanol–water partition coefficient (Wildman–Crippen LogP) is 1.71. The Morgan fingerprint density at radius 1 is 1.38 bits per heavy atom. The lowest BCUT2D eigenvalue weighted by molar-refractivity contribution is -0.134. The molecule has 1 aliphatic heterocycles. The van der Waals surface area contributed by atoms with Crippen LogP contribution in [0.5, 0.6) is 0 Å². The molecule has 116 valence electrons. The van der Waals surface area contributed by atoms with Gasteiger partial charge in [-0.25, -0.2) is 12.8 Å². The van der Waals surface area contributed by atoms with E-state index < -0.39 is 15.1 Å². The standard InChI is InChI=1S/C15H20FNO3S/c1-3-21(19,20)13-9-17(10-13)15(18)7-6-12-5-4-11(2)14(16)8-12/h4-5,8,13H,3,6-7,9-10H2,1-2H3. The maximum Gasteiger partial charge on any atom is 0.222 e. The number of sulfone groups is 1. The minimum Gasteiger partial charge on any atom is -0.340 e. The summed E-state index contributed by atoms with van der Waals surface area (Å²) in [6.07, 6.45) is 0.749. The van der Waals surface area contributed by atoms with Crippen LogP contribution in [0.4, 0.5) is 4.39 Å². The van der Waals surface area contributed by atoms with Gasteiger partial charge in [-0.3, -0.25) is 4.79 Å². The van der Waals surface area contributed by atoms with Crippen LogP contribution in [-0.4, -0.2) is 43.3 Å². The van der Waals surface area contributed by atoms with Gasteiger partial charge in [0.05, 0.1) is 5.25 Å². The van der Waals surface area contributed by atoms with Crippen LogP contribution in [0.2, 0.25) is 0 Å². The molecule has 1 saturated heterocycles.